The van der Waals surface area contributed by atoms with Gasteiger partial charge in [-0.2, -0.15) is 5.26 Å². The van der Waals surface area contributed by atoms with E-state index in [1.165, 1.54) is 34.4 Å². The molecule has 0 saturated heterocycles. The summed E-state index contributed by atoms with van der Waals surface area (Å²) < 4.78 is 13.3. The molecule has 1 N–H and O–H groups in total. The molecule has 0 aromatic heterocycles. The summed E-state index contributed by atoms with van der Waals surface area (Å²) in [6.45, 7) is 6.91. The molecule has 0 heterocycles. The van der Waals surface area contributed by atoms with E-state index in [0.717, 1.165) is 5.69 Å². The van der Waals surface area contributed by atoms with Crippen LogP contribution in [0.4, 0.5) is 10.1 Å². The number of hydrogen-bond donors (Lipinski definition) is 1. The summed E-state index contributed by atoms with van der Waals surface area (Å²) in [6.07, 6.45) is 0. The smallest absolute Gasteiger partial charge is 0.141 e. The van der Waals surface area contributed by atoms with Crippen molar-refractivity contribution in [2.24, 2.45) is 0 Å². The molecule has 0 saturated carbocycles. The lowest BCUT2D eigenvalue weighted by molar-refractivity contribution is 0.624. The molecule has 2 rings (SSSR count). The first kappa shape index (κ1) is 14.1. The second kappa shape index (κ2) is 5.75. The van der Waals surface area contributed by atoms with Crippen molar-refractivity contribution >= 4 is 5.69 Å². The van der Waals surface area contributed by atoms with Gasteiger partial charge in [0.2, 0.25) is 0 Å². The topological polar surface area (TPSA) is 35.8 Å². The summed E-state index contributed by atoms with van der Waals surface area (Å²) >= 11 is 0. The van der Waals surface area contributed by atoms with Gasteiger partial charge in [-0.25, -0.2) is 4.39 Å². The number of nitrogens with zero attached hydrogens (tertiary/aromatic N) is 1. The van der Waals surface area contributed by atoms with Gasteiger partial charge < -0.3 is 5.32 Å². The van der Waals surface area contributed by atoms with Gasteiger partial charge in [-0.1, -0.05) is 17.7 Å². The monoisotopic (exact) mass is 268 g/mol. The molecule has 2 aromatic carbocycles. The van der Waals surface area contributed by atoms with E-state index < -0.39 is 5.82 Å². The zero-order chi connectivity index (χ0) is 14.7. The lowest BCUT2D eigenvalue weighted by Crippen LogP contribution is -2.04. The van der Waals surface area contributed by atoms with Crippen molar-refractivity contribution < 1.29 is 4.39 Å². The van der Waals surface area contributed by atoms with E-state index in [2.05, 4.69) is 38.2 Å². The third kappa shape index (κ3) is 2.97. The van der Waals surface area contributed by atoms with Crippen LogP contribution in [0.2, 0.25) is 0 Å². The standard InChI is InChI=1S/C17H17FN2/c1-11-6-12(2)16(13(3)7-11)10-20-15-4-5-17(18)14(8-15)9-19/h4-8,20H,10H2,1-3H3. The van der Waals surface area contributed by atoms with Crippen LogP contribution in [0.25, 0.3) is 0 Å². The Kier molecular flexibility index (Phi) is 4.05. The molecule has 0 aliphatic heterocycles. The Morgan fingerprint density at radius 1 is 1.10 bits per heavy atom. The molecule has 0 fully saturated rings. The second-order valence-corrected chi connectivity index (χ2v) is 5.04. The van der Waals surface area contributed by atoms with Gasteiger partial charge in [0.25, 0.3) is 0 Å². The van der Waals surface area contributed by atoms with E-state index >= 15 is 0 Å². The molecule has 2 aromatic rings. The lowest BCUT2D eigenvalue weighted by atomic mass is 10.00. The van der Waals surface area contributed by atoms with Crippen LogP contribution in [0.15, 0.2) is 30.3 Å². The molecular weight excluding hydrogens is 251 g/mol. The van der Waals surface area contributed by atoms with Crippen molar-refractivity contribution in [2.75, 3.05) is 5.32 Å². The van der Waals surface area contributed by atoms with Gasteiger partial charge in [0.05, 0.1) is 5.56 Å². The fourth-order valence-corrected chi connectivity index (χ4v) is 2.40. The third-order valence-corrected chi connectivity index (χ3v) is 3.40. The van der Waals surface area contributed by atoms with Crippen LogP contribution >= 0.6 is 0 Å². The minimum Gasteiger partial charge on any atom is -0.381 e. The van der Waals surface area contributed by atoms with Gasteiger partial charge in [-0.3, -0.25) is 0 Å². The highest BCUT2D eigenvalue weighted by molar-refractivity contribution is 5.51. The molecule has 2 nitrogen and oxygen atoms in total. The number of rotatable bonds is 3. The maximum Gasteiger partial charge on any atom is 0.141 e. The second-order valence-electron chi connectivity index (χ2n) is 5.04. The number of benzene rings is 2. The van der Waals surface area contributed by atoms with Gasteiger partial charge in [0.1, 0.15) is 11.9 Å². The van der Waals surface area contributed by atoms with E-state index in [0.29, 0.717) is 6.54 Å². The quantitative estimate of drug-likeness (QED) is 0.904. The van der Waals surface area contributed by atoms with Gasteiger partial charge >= 0.3 is 0 Å². The molecule has 0 aliphatic rings. The van der Waals surface area contributed by atoms with Crippen LogP contribution in [0.5, 0.6) is 0 Å². The van der Waals surface area contributed by atoms with Crippen molar-refractivity contribution in [3.8, 4) is 6.07 Å². The Balaban J connectivity index is 2.20. The number of halogens is 1. The van der Waals surface area contributed by atoms with Gasteiger partial charge in [-0.05, 0) is 55.7 Å². The fourth-order valence-electron chi connectivity index (χ4n) is 2.40. The molecule has 0 amide bonds. The summed E-state index contributed by atoms with van der Waals surface area (Å²) in [6, 6.07) is 10.6. The summed E-state index contributed by atoms with van der Waals surface area (Å²) in [5, 5.41) is 12.1. The minimum atomic E-state index is -0.485. The first-order valence-electron chi connectivity index (χ1n) is 6.51. The van der Waals surface area contributed by atoms with Crippen LogP contribution in [0.1, 0.15) is 27.8 Å². The zero-order valence-electron chi connectivity index (χ0n) is 11.9. The van der Waals surface area contributed by atoms with Crippen LogP contribution < -0.4 is 5.32 Å². The van der Waals surface area contributed by atoms with E-state index in [9.17, 15) is 4.39 Å². The number of anilines is 1. The van der Waals surface area contributed by atoms with Gasteiger partial charge in [0, 0.05) is 12.2 Å². The molecule has 20 heavy (non-hydrogen) atoms. The Labute approximate surface area is 118 Å². The SMILES string of the molecule is Cc1cc(C)c(CNc2ccc(F)c(C#N)c2)c(C)c1. The summed E-state index contributed by atoms with van der Waals surface area (Å²) in [5.41, 5.74) is 5.76. The Morgan fingerprint density at radius 3 is 2.35 bits per heavy atom. The average Bonchev–Trinajstić information content (AvgIpc) is 2.39. The van der Waals surface area contributed by atoms with Crippen LogP contribution in [-0.2, 0) is 6.54 Å². The first-order valence-corrected chi connectivity index (χ1v) is 6.51. The molecule has 0 atom stereocenters. The first-order chi connectivity index (χ1) is 9.51. The van der Waals surface area contributed by atoms with Gasteiger partial charge in [-0.15, -0.1) is 0 Å². The van der Waals surface area contributed by atoms with E-state index in [-0.39, 0.29) is 5.56 Å². The normalized spacial score (nSPS) is 10.2. The van der Waals surface area contributed by atoms with Crippen molar-refractivity contribution in [2.45, 2.75) is 27.3 Å². The highest BCUT2D eigenvalue weighted by atomic mass is 19.1. The van der Waals surface area contributed by atoms with E-state index in [1.807, 2.05) is 6.07 Å². The molecule has 102 valence electrons. The predicted molar refractivity (Wildman–Crippen MR) is 79.1 cm³/mol. The van der Waals surface area contributed by atoms with Crippen molar-refractivity contribution in [1.29, 1.82) is 5.26 Å². The largest absolute Gasteiger partial charge is 0.381 e. The maximum absolute atomic E-state index is 13.3. The minimum absolute atomic E-state index is 0.0624. The fraction of sp³-hybridized carbons (Fsp3) is 0.235. The Hall–Kier alpha value is -2.34. The van der Waals surface area contributed by atoms with Crippen molar-refractivity contribution in [1.82, 2.24) is 0 Å². The molecule has 3 heteroatoms. The summed E-state index contributed by atoms with van der Waals surface area (Å²) in [5.74, 6) is -0.485. The number of nitrogens with one attached hydrogen (secondary N) is 1. The number of hydrogen-bond acceptors (Lipinski definition) is 2. The zero-order valence-corrected chi connectivity index (χ0v) is 11.9. The Bertz CT molecular complexity index is 661. The third-order valence-electron chi connectivity index (χ3n) is 3.40. The summed E-state index contributed by atoms with van der Waals surface area (Å²) in [7, 11) is 0. The average molecular weight is 268 g/mol. The van der Waals surface area contributed by atoms with Crippen LogP contribution in [0.3, 0.4) is 0 Å². The van der Waals surface area contributed by atoms with E-state index in [1.54, 1.807) is 6.07 Å². The van der Waals surface area contributed by atoms with E-state index in [4.69, 9.17) is 5.26 Å². The molecular formula is C17H17FN2. The van der Waals surface area contributed by atoms with Crippen LogP contribution in [0, 0.1) is 37.9 Å². The van der Waals surface area contributed by atoms with Crippen molar-refractivity contribution in [3.05, 3.63) is 64.0 Å². The summed E-state index contributed by atoms with van der Waals surface area (Å²) in [4.78, 5) is 0. The highest BCUT2D eigenvalue weighted by Gasteiger charge is 2.06. The number of nitriles is 1. The molecule has 0 bridgehead atoms. The Morgan fingerprint density at radius 2 is 1.75 bits per heavy atom. The molecule has 0 unspecified atom stereocenters. The predicted octanol–water partition coefficient (Wildman–Crippen LogP) is 4.23. The number of aryl methyl sites for hydroxylation is 3. The van der Waals surface area contributed by atoms with Crippen molar-refractivity contribution in [3.63, 3.8) is 0 Å². The molecule has 0 aliphatic carbocycles. The van der Waals surface area contributed by atoms with Gasteiger partial charge in [0.15, 0.2) is 0 Å². The molecule has 0 radical (unpaired) electrons. The maximum atomic E-state index is 13.3. The molecule has 0 spiro atoms. The lowest BCUT2D eigenvalue weighted by Gasteiger charge is -2.13. The van der Waals surface area contributed by atoms with Crippen LogP contribution in [-0.4, -0.2) is 0 Å². The highest BCUT2D eigenvalue weighted by Crippen LogP contribution is 2.19.